The van der Waals surface area contributed by atoms with Crippen LogP contribution in [-0.2, 0) is 9.59 Å². The molecule has 1 aromatic carbocycles. The SMILES string of the molecule is CC(=O)N1CCN[C@H](C(=O)Nc2ccccc2)C1. The highest BCUT2D eigenvalue weighted by Gasteiger charge is 2.26. The van der Waals surface area contributed by atoms with Crippen LogP contribution in [0, 0.1) is 0 Å². The number of para-hydroxylation sites is 1. The van der Waals surface area contributed by atoms with E-state index in [0.717, 1.165) is 5.69 Å². The number of amides is 2. The van der Waals surface area contributed by atoms with Gasteiger partial charge in [-0.3, -0.25) is 9.59 Å². The predicted molar refractivity (Wildman–Crippen MR) is 69.1 cm³/mol. The van der Waals surface area contributed by atoms with Crippen LogP contribution in [0.3, 0.4) is 0 Å². The van der Waals surface area contributed by atoms with Gasteiger partial charge in [0.25, 0.3) is 0 Å². The number of benzene rings is 1. The van der Waals surface area contributed by atoms with Crippen LogP contribution in [0.2, 0.25) is 0 Å². The van der Waals surface area contributed by atoms with E-state index in [4.69, 9.17) is 0 Å². The normalized spacial score (nSPS) is 19.4. The average molecular weight is 247 g/mol. The minimum atomic E-state index is -0.345. The van der Waals surface area contributed by atoms with Crippen LogP contribution >= 0.6 is 0 Å². The summed E-state index contributed by atoms with van der Waals surface area (Å²) >= 11 is 0. The van der Waals surface area contributed by atoms with Crippen LogP contribution in [0.1, 0.15) is 6.92 Å². The van der Waals surface area contributed by atoms with Gasteiger partial charge >= 0.3 is 0 Å². The van der Waals surface area contributed by atoms with E-state index < -0.39 is 0 Å². The number of piperazine rings is 1. The van der Waals surface area contributed by atoms with Crippen molar-refractivity contribution in [2.24, 2.45) is 0 Å². The van der Waals surface area contributed by atoms with Gasteiger partial charge in [0.15, 0.2) is 0 Å². The molecule has 0 aromatic heterocycles. The second-order valence-electron chi connectivity index (χ2n) is 4.33. The molecule has 5 heteroatoms. The number of nitrogens with one attached hydrogen (secondary N) is 2. The molecule has 0 bridgehead atoms. The zero-order chi connectivity index (χ0) is 13.0. The number of hydrogen-bond acceptors (Lipinski definition) is 3. The molecular weight excluding hydrogens is 230 g/mol. The maximum atomic E-state index is 12.0. The van der Waals surface area contributed by atoms with E-state index in [9.17, 15) is 9.59 Å². The summed E-state index contributed by atoms with van der Waals surface area (Å²) in [4.78, 5) is 25.0. The Bertz CT molecular complexity index is 433. The first-order chi connectivity index (χ1) is 8.66. The Hall–Kier alpha value is -1.88. The van der Waals surface area contributed by atoms with E-state index in [0.29, 0.717) is 19.6 Å². The second-order valence-corrected chi connectivity index (χ2v) is 4.33. The molecule has 0 unspecified atom stereocenters. The molecule has 2 rings (SSSR count). The summed E-state index contributed by atoms with van der Waals surface area (Å²) in [5.74, 6) is -0.0961. The molecule has 1 atom stereocenters. The molecule has 18 heavy (non-hydrogen) atoms. The molecule has 96 valence electrons. The smallest absolute Gasteiger partial charge is 0.243 e. The van der Waals surface area contributed by atoms with Crippen molar-refractivity contribution in [3.05, 3.63) is 30.3 Å². The molecule has 2 amide bonds. The van der Waals surface area contributed by atoms with Gasteiger partial charge in [0, 0.05) is 32.2 Å². The Labute approximate surface area is 106 Å². The summed E-state index contributed by atoms with van der Waals surface area (Å²) < 4.78 is 0. The van der Waals surface area contributed by atoms with Gasteiger partial charge in [-0.25, -0.2) is 0 Å². The van der Waals surface area contributed by atoms with Gasteiger partial charge in [0.2, 0.25) is 11.8 Å². The predicted octanol–water partition coefficient (Wildman–Crippen LogP) is 0.445. The quantitative estimate of drug-likeness (QED) is 0.797. The zero-order valence-electron chi connectivity index (χ0n) is 10.3. The van der Waals surface area contributed by atoms with Crippen molar-refractivity contribution in [3.8, 4) is 0 Å². The molecule has 1 aliphatic rings. The highest BCUT2D eigenvalue weighted by atomic mass is 16.2. The molecule has 1 aromatic rings. The van der Waals surface area contributed by atoms with Gasteiger partial charge in [0.05, 0.1) is 0 Å². The van der Waals surface area contributed by atoms with Crippen LogP contribution in [0.15, 0.2) is 30.3 Å². The lowest BCUT2D eigenvalue weighted by Gasteiger charge is -2.32. The lowest BCUT2D eigenvalue weighted by molar-refractivity contribution is -0.131. The third-order valence-corrected chi connectivity index (χ3v) is 2.98. The number of nitrogens with zero attached hydrogens (tertiary/aromatic N) is 1. The van der Waals surface area contributed by atoms with Gasteiger partial charge in [-0.05, 0) is 12.1 Å². The highest BCUT2D eigenvalue weighted by molar-refractivity contribution is 5.95. The molecule has 0 saturated carbocycles. The highest BCUT2D eigenvalue weighted by Crippen LogP contribution is 2.07. The standard InChI is InChI=1S/C13H17N3O2/c1-10(17)16-8-7-14-12(9-16)13(18)15-11-5-3-2-4-6-11/h2-6,12,14H,7-9H2,1H3,(H,15,18)/t12-/m0/s1. The van der Waals surface area contributed by atoms with Crippen molar-refractivity contribution in [2.75, 3.05) is 25.0 Å². The van der Waals surface area contributed by atoms with E-state index in [2.05, 4.69) is 10.6 Å². The van der Waals surface area contributed by atoms with Crippen molar-refractivity contribution < 1.29 is 9.59 Å². The summed E-state index contributed by atoms with van der Waals surface area (Å²) in [5.41, 5.74) is 0.768. The fourth-order valence-corrected chi connectivity index (χ4v) is 1.96. The molecule has 1 fully saturated rings. The van der Waals surface area contributed by atoms with Crippen molar-refractivity contribution in [1.29, 1.82) is 0 Å². The van der Waals surface area contributed by atoms with Crippen molar-refractivity contribution in [1.82, 2.24) is 10.2 Å². The summed E-state index contributed by atoms with van der Waals surface area (Å²) in [7, 11) is 0. The molecule has 0 spiro atoms. The lowest BCUT2D eigenvalue weighted by atomic mass is 10.2. The van der Waals surface area contributed by atoms with E-state index in [1.165, 1.54) is 6.92 Å². The topological polar surface area (TPSA) is 61.4 Å². The van der Waals surface area contributed by atoms with Gasteiger partial charge < -0.3 is 15.5 Å². The molecular formula is C13H17N3O2. The minimum Gasteiger partial charge on any atom is -0.340 e. The fourth-order valence-electron chi connectivity index (χ4n) is 1.96. The van der Waals surface area contributed by atoms with Crippen molar-refractivity contribution in [2.45, 2.75) is 13.0 Å². The number of anilines is 1. The maximum Gasteiger partial charge on any atom is 0.243 e. The summed E-state index contributed by atoms with van der Waals surface area (Å²) in [6, 6.07) is 8.96. The largest absolute Gasteiger partial charge is 0.340 e. The van der Waals surface area contributed by atoms with Gasteiger partial charge in [0.1, 0.15) is 6.04 Å². The number of rotatable bonds is 2. The number of carbonyl (C=O) groups is 2. The van der Waals surface area contributed by atoms with Crippen LogP contribution < -0.4 is 10.6 Å². The third kappa shape index (κ3) is 3.07. The van der Waals surface area contributed by atoms with Crippen LogP contribution in [-0.4, -0.2) is 42.4 Å². The molecule has 0 radical (unpaired) electrons. The van der Waals surface area contributed by atoms with Gasteiger partial charge in [-0.2, -0.15) is 0 Å². The first kappa shape index (κ1) is 12.6. The lowest BCUT2D eigenvalue weighted by Crippen LogP contribution is -2.56. The van der Waals surface area contributed by atoms with Crippen LogP contribution in [0.25, 0.3) is 0 Å². The monoisotopic (exact) mass is 247 g/mol. The van der Waals surface area contributed by atoms with Gasteiger partial charge in [-0.1, -0.05) is 18.2 Å². The molecule has 5 nitrogen and oxygen atoms in total. The van der Waals surface area contributed by atoms with Crippen molar-refractivity contribution in [3.63, 3.8) is 0 Å². The summed E-state index contributed by atoms with van der Waals surface area (Å²) in [6.45, 7) is 3.25. The van der Waals surface area contributed by atoms with E-state index in [1.54, 1.807) is 4.90 Å². The Balaban J connectivity index is 1.95. The molecule has 1 saturated heterocycles. The van der Waals surface area contributed by atoms with E-state index >= 15 is 0 Å². The molecule has 1 heterocycles. The first-order valence-corrected chi connectivity index (χ1v) is 6.01. The second kappa shape index (κ2) is 5.64. The maximum absolute atomic E-state index is 12.0. The summed E-state index contributed by atoms with van der Waals surface area (Å²) in [6.07, 6.45) is 0. The average Bonchev–Trinajstić information content (AvgIpc) is 2.40. The molecule has 1 aliphatic heterocycles. The van der Waals surface area contributed by atoms with Crippen molar-refractivity contribution >= 4 is 17.5 Å². The Kier molecular flexibility index (Phi) is 3.94. The van der Waals surface area contributed by atoms with E-state index in [-0.39, 0.29) is 17.9 Å². The molecule has 0 aliphatic carbocycles. The fraction of sp³-hybridized carbons (Fsp3) is 0.385. The molecule has 2 N–H and O–H groups in total. The Morgan fingerprint density at radius 1 is 1.33 bits per heavy atom. The minimum absolute atomic E-state index is 0.00834. The van der Waals surface area contributed by atoms with Crippen LogP contribution in [0.4, 0.5) is 5.69 Å². The van der Waals surface area contributed by atoms with Gasteiger partial charge in [-0.15, -0.1) is 0 Å². The van der Waals surface area contributed by atoms with Crippen LogP contribution in [0.5, 0.6) is 0 Å². The zero-order valence-corrected chi connectivity index (χ0v) is 10.3. The first-order valence-electron chi connectivity index (χ1n) is 6.01. The third-order valence-electron chi connectivity index (χ3n) is 2.98. The Morgan fingerprint density at radius 2 is 2.06 bits per heavy atom. The van der Waals surface area contributed by atoms with E-state index in [1.807, 2.05) is 30.3 Å². The summed E-state index contributed by atoms with van der Waals surface area (Å²) in [5, 5.41) is 5.95. The number of carbonyl (C=O) groups excluding carboxylic acids is 2. The number of hydrogen-bond donors (Lipinski definition) is 2. The Morgan fingerprint density at radius 3 is 2.72 bits per heavy atom.